The maximum atomic E-state index is 12.3. The van der Waals surface area contributed by atoms with Crippen LogP contribution in [0, 0.1) is 5.92 Å². The van der Waals surface area contributed by atoms with Crippen LogP contribution in [-0.4, -0.2) is 41.6 Å². The van der Waals surface area contributed by atoms with Gasteiger partial charge in [-0.1, -0.05) is 6.92 Å². The molecule has 0 bridgehead atoms. The molecule has 1 unspecified atom stereocenters. The Kier molecular flexibility index (Phi) is 4.20. The fraction of sp³-hybridized carbons (Fsp3) is 0.923. The number of carbonyl (C=O) groups excluding carboxylic acids is 1. The zero-order valence-electron chi connectivity index (χ0n) is 11.7. The number of rotatable bonds is 3. The van der Waals surface area contributed by atoms with Gasteiger partial charge < -0.3 is 15.4 Å². The van der Waals surface area contributed by atoms with E-state index in [9.17, 15) is 4.79 Å². The molecule has 1 heterocycles. The molecule has 2 N–H and O–H groups in total. The highest BCUT2D eigenvalue weighted by Crippen LogP contribution is 2.29. The molecule has 1 aliphatic rings. The van der Waals surface area contributed by atoms with Crippen LogP contribution in [0.15, 0.2) is 0 Å². The van der Waals surface area contributed by atoms with Gasteiger partial charge in [0.2, 0.25) is 5.91 Å². The second-order valence-corrected chi connectivity index (χ2v) is 6.16. The Morgan fingerprint density at radius 1 is 1.29 bits per heavy atom. The standard InChI is InChI=1S/C13H26N2O2/c1-6-10(7-14)11(16)15-8-12(2,3)17-13(4,5)9-15/h10H,6-9,14H2,1-5H3. The maximum absolute atomic E-state index is 12.3. The van der Waals surface area contributed by atoms with Gasteiger partial charge in [0.05, 0.1) is 17.1 Å². The van der Waals surface area contributed by atoms with E-state index in [2.05, 4.69) is 0 Å². The highest BCUT2D eigenvalue weighted by atomic mass is 16.5. The molecule has 100 valence electrons. The summed E-state index contributed by atoms with van der Waals surface area (Å²) in [4.78, 5) is 14.2. The Morgan fingerprint density at radius 2 is 1.76 bits per heavy atom. The summed E-state index contributed by atoms with van der Waals surface area (Å²) < 4.78 is 5.96. The smallest absolute Gasteiger partial charge is 0.227 e. The zero-order valence-corrected chi connectivity index (χ0v) is 11.7. The Bertz CT molecular complexity index is 267. The summed E-state index contributed by atoms with van der Waals surface area (Å²) in [6, 6.07) is 0. The molecule has 1 aliphatic heterocycles. The number of carbonyl (C=O) groups is 1. The molecular formula is C13H26N2O2. The number of nitrogens with two attached hydrogens (primary N) is 1. The first-order valence-electron chi connectivity index (χ1n) is 6.40. The highest BCUT2D eigenvalue weighted by molar-refractivity contribution is 5.79. The first kappa shape index (κ1) is 14.5. The van der Waals surface area contributed by atoms with Gasteiger partial charge in [0, 0.05) is 19.6 Å². The van der Waals surface area contributed by atoms with Gasteiger partial charge in [0.25, 0.3) is 0 Å². The Balaban J connectivity index is 2.80. The molecule has 17 heavy (non-hydrogen) atoms. The first-order chi connectivity index (χ1) is 7.71. The van der Waals surface area contributed by atoms with Gasteiger partial charge in [0.15, 0.2) is 0 Å². The van der Waals surface area contributed by atoms with Crippen molar-refractivity contribution < 1.29 is 9.53 Å². The number of amides is 1. The van der Waals surface area contributed by atoms with Crippen LogP contribution >= 0.6 is 0 Å². The number of morpholine rings is 1. The van der Waals surface area contributed by atoms with E-state index in [4.69, 9.17) is 10.5 Å². The van der Waals surface area contributed by atoms with Crippen LogP contribution in [-0.2, 0) is 9.53 Å². The third-order valence-corrected chi connectivity index (χ3v) is 3.13. The van der Waals surface area contributed by atoms with E-state index < -0.39 is 0 Å². The van der Waals surface area contributed by atoms with Gasteiger partial charge in [-0.3, -0.25) is 4.79 Å². The van der Waals surface area contributed by atoms with Crippen molar-refractivity contribution in [1.82, 2.24) is 4.90 Å². The third kappa shape index (κ3) is 3.68. The lowest BCUT2D eigenvalue weighted by Crippen LogP contribution is -2.59. The summed E-state index contributed by atoms with van der Waals surface area (Å²) in [5.41, 5.74) is 5.07. The Hall–Kier alpha value is -0.610. The van der Waals surface area contributed by atoms with Crippen LogP contribution in [0.2, 0.25) is 0 Å². The SMILES string of the molecule is CCC(CN)C(=O)N1CC(C)(C)OC(C)(C)C1. The van der Waals surface area contributed by atoms with Crippen LogP contribution in [0.1, 0.15) is 41.0 Å². The molecule has 1 atom stereocenters. The van der Waals surface area contributed by atoms with Gasteiger partial charge in [0.1, 0.15) is 0 Å². The van der Waals surface area contributed by atoms with E-state index in [1.54, 1.807) is 0 Å². The minimum atomic E-state index is -0.287. The minimum Gasteiger partial charge on any atom is -0.366 e. The molecule has 1 fully saturated rings. The van der Waals surface area contributed by atoms with Crippen LogP contribution in [0.3, 0.4) is 0 Å². The number of nitrogens with zero attached hydrogens (tertiary/aromatic N) is 1. The molecule has 4 nitrogen and oxygen atoms in total. The number of ether oxygens (including phenoxy) is 1. The molecule has 0 radical (unpaired) electrons. The molecule has 0 aromatic rings. The van der Waals surface area contributed by atoms with Crippen LogP contribution in [0.5, 0.6) is 0 Å². The van der Waals surface area contributed by atoms with E-state index in [0.29, 0.717) is 19.6 Å². The van der Waals surface area contributed by atoms with Crippen molar-refractivity contribution in [1.29, 1.82) is 0 Å². The molecule has 0 spiro atoms. The third-order valence-electron chi connectivity index (χ3n) is 3.13. The lowest BCUT2D eigenvalue weighted by Gasteiger charge is -2.47. The zero-order chi connectivity index (χ0) is 13.3. The summed E-state index contributed by atoms with van der Waals surface area (Å²) in [5.74, 6) is 0.110. The van der Waals surface area contributed by atoms with Crippen molar-refractivity contribution in [2.75, 3.05) is 19.6 Å². The van der Waals surface area contributed by atoms with Crippen molar-refractivity contribution in [3.63, 3.8) is 0 Å². The van der Waals surface area contributed by atoms with E-state index in [1.165, 1.54) is 0 Å². The lowest BCUT2D eigenvalue weighted by atomic mass is 9.96. The normalized spacial score (nSPS) is 24.5. The Labute approximate surface area is 104 Å². The summed E-state index contributed by atoms with van der Waals surface area (Å²) in [6.45, 7) is 11.8. The van der Waals surface area contributed by atoms with Crippen molar-refractivity contribution >= 4 is 5.91 Å². The summed E-state index contributed by atoms with van der Waals surface area (Å²) in [5, 5.41) is 0. The maximum Gasteiger partial charge on any atom is 0.227 e. The van der Waals surface area contributed by atoms with E-state index in [0.717, 1.165) is 6.42 Å². The van der Waals surface area contributed by atoms with Gasteiger partial charge in [-0.05, 0) is 34.1 Å². The van der Waals surface area contributed by atoms with Gasteiger partial charge in [-0.15, -0.1) is 0 Å². The molecule has 0 aromatic carbocycles. The average Bonchev–Trinajstić information content (AvgIpc) is 2.14. The average molecular weight is 242 g/mol. The molecular weight excluding hydrogens is 216 g/mol. The molecule has 1 rings (SSSR count). The van der Waals surface area contributed by atoms with E-state index >= 15 is 0 Å². The number of hydrogen-bond acceptors (Lipinski definition) is 3. The first-order valence-corrected chi connectivity index (χ1v) is 6.40. The fourth-order valence-corrected chi connectivity index (χ4v) is 2.64. The van der Waals surface area contributed by atoms with Crippen LogP contribution in [0.4, 0.5) is 0 Å². The molecule has 0 aromatic heterocycles. The monoisotopic (exact) mass is 242 g/mol. The van der Waals surface area contributed by atoms with Crippen molar-refractivity contribution in [3.05, 3.63) is 0 Å². The quantitative estimate of drug-likeness (QED) is 0.813. The molecule has 1 saturated heterocycles. The van der Waals surface area contributed by atoms with E-state index in [-0.39, 0.29) is 23.0 Å². The summed E-state index contributed by atoms with van der Waals surface area (Å²) >= 11 is 0. The predicted molar refractivity (Wildman–Crippen MR) is 68.7 cm³/mol. The minimum absolute atomic E-state index is 0.0558. The van der Waals surface area contributed by atoms with Crippen LogP contribution in [0.25, 0.3) is 0 Å². The van der Waals surface area contributed by atoms with Crippen molar-refractivity contribution in [3.8, 4) is 0 Å². The highest BCUT2D eigenvalue weighted by Gasteiger charge is 2.40. The second kappa shape index (κ2) is 4.94. The fourth-order valence-electron chi connectivity index (χ4n) is 2.64. The van der Waals surface area contributed by atoms with Crippen molar-refractivity contribution in [2.45, 2.75) is 52.2 Å². The molecule has 0 aliphatic carbocycles. The Morgan fingerprint density at radius 3 is 2.12 bits per heavy atom. The van der Waals surface area contributed by atoms with Crippen molar-refractivity contribution in [2.24, 2.45) is 11.7 Å². The summed E-state index contributed by atoms with van der Waals surface area (Å²) in [6.07, 6.45) is 0.799. The summed E-state index contributed by atoms with van der Waals surface area (Å²) in [7, 11) is 0. The second-order valence-electron chi connectivity index (χ2n) is 6.16. The van der Waals surface area contributed by atoms with Crippen LogP contribution < -0.4 is 5.73 Å². The van der Waals surface area contributed by atoms with Gasteiger partial charge >= 0.3 is 0 Å². The molecule has 1 amide bonds. The largest absolute Gasteiger partial charge is 0.366 e. The van der Waals surface area contributed by atoms with E-state index in [1.807, 2.05) is 39.5 Å². The predicted octanol–water partition coefficient (Wildman–Crippen LogP) is 1.39. The molecule has 4 heteroatoms. The topological polar surface area (TPSA) is 55.6 Å². The molecule has 0 saturated carbocycles. The van der Waals surface area contributed by atoms with Gasteiger partial charge in [-0.2, -0.15) is 0 Å². The number of hydrogen-bond donors (Lipinski definition) is 1. The van der Waals surface area contributed by atoms with Gasteiger partial charge in [-0.25, -0.2) is 0 Å². The lowest BCUT2D eigenvalue weighted by molar-refractivity contribution is -0.189.